The van der Waals surface area contributed by atoms with Gasteiger partial charge < -0.3 is 0 Å². The number of thiophene rings is 1. The van der Waals surface area contributed by atoms with Crippen LogP contribution < -0.4 is 0 Å². The standard InChI is InChI=1S/C6H5BrOS2/c1-9-6-4(2-8)5(7)3-10-6/h2-3H,1H3. The fourth-order valence-corrected chi connectivity index (χ4v) is 2.96. The first-order valence-corrected chi connectivity index (χ1v) is 5.45. The largest absolute Gasteiger partial charge is 0.298 e. The van der Waals surface area contributed by atoms with Crippen LogP contribution in [0.5, 0.6) is 0 Å². The minimum atomic E-state index is 0.775. The SMILES string of the molecule is CSc1scc(Br)c1C=O. The van der Waals surface area contributed by atoms with Crippen molar-refractivity contribution in [3.8, 4) is 0 Å². The summed E-state index contributed by atoms with van der Waals surface area (Å²) in [5.74, 6) is 0. The molecule has 0 N–H and O–H groups in total. The first-order chi connectivity index (χ1) is 4.79. The summed E-state index contributed by atoms with van der Waals surface area (Å²) >= 11 is 6.47. The van der Waals surface area contributed by atoms with Gasteiger partial charge in [-0.05, 0) is 22.2 Å². The lowest BCUT2D eigenvalue weighted by molar-refractivity contribution is 0.112. The zero-order chi connectivity index (χ0) is 7.56. The normalized spacial score (nSPS) is 9.80. The van der Waals surface area contributed by atoms with Gasteiger partial charge in [0.1, 0.15) is 0 Å². The summed E-state index contributed by atoms with van der Waals surface area (Å²) in [4.78, 5) is 10.4. The van der Waals surface area contributed by atoms with Gasteiger partial charge in [0.25, 0.3) is 0 Å². The third-order valence-corrected chi connectivity index (χ3v) is 4.18. The molecular weight excluding hydrogens is 232 g/mol. The molecule has 0 radical (unpaired) electrons. The van der Waals surface area contributed by atoms with Crippen LogP contribution in [0, 0.1) is 0 Å². The lowest BCUT2D eigenvalue weighted by Crippen LogP contribution is -1.76. The minimum absolute atomic E-state index is 0.775. The predicted octanol–water partition coefficient (Wildman–Crippen LogP) is 3.05. The zero-order valence-corrected chi connectivity index (χ0v) is 8.48. The van der Waals surface area contributed by atoms with Gasteiger partial charge in [0.2, 0.25) is 0 Å². The summed E-state index contributed by atoms with van der Waals surface area (Å²) in [6.07, 6.45) is 2.84. The molecule has 0 aliphatic heterocycles. The lowest BCUT2D eigenvalue weighted by atomic mass is 10.4. The van der Waals surface area contributed by atoms with Gasteiger partial charge in [0, 0.05) is 9.85 Å². The molecule has 0 unspecified atom stereocenters. The van der Waals surface area contributed by atoms with Gasteiger partial charge in [-0.1, -0.05) is 0 Å². The van der Waals surface area contributed by atoms with E-state index in [0.717, 1.165) is 20.5 Å². The zero-order valence-electron chi connectivity index (χ0n) is 5.26. The quantitative estimate of drug-likeness (QED) is 0.580. The van der Waals surface area contributed by atoms with Crippen molar-refractivity contribution in [2.75, 3.05) is 6.26 Å². The summed E-state index contributed by atoms with van der Waals surface area (Å²) in [5.41, 5.74) is 0.775. The molecule has 10 heavy (non-hydrogen) atoms. The average Bonchev–Trinajstić information content (AvgIpc) is 2.30. The smallest absolute Gasteiger partial charge is 0.153 e. The molecule has 0 fully saturated rings. The summed E-state index contributed by atoms with van der Waals surface area (Å²) in [6.45, 7) is 0. The van der Waals surface area contributed by atoms with Crippen LogP contribution in [0.1, 0.15) is 10.4 Å². The van der Waals surface area contributed by atoms with Crippen LogP contribution in [0.2, 0.25) is 0 Å². The van der Waals surface area contributed by atoms with E-state index >= 15 is 0 Å². The van der Waals surface area contributed by atoms with Crippen LogP contribution in [-0.2, 0) is 0 Å². The highest BCUT2D eigenvalue weighted by atomic mass is 79.9. The Morgan fingerprint density at radius 3 is 2.90 bits per heavy atom. The molecule has 1 nitrogen and oxygen atoms in total. The summed E-state index contributed by atoms with van der Waals surface area (Å²) in [7, 11) is 0. The number of hydrogen-bond acceptors (Lipinski definition) is 3. The second kappa shape index (κ2) is 3.55. The van der Waals surface area contributed by atoms with E-state index in [2.05, 4.69) is 15.9 Å². The minimum Gasteiger partial charge on any atom is -0.298 e. The predicted molar refractivity (Wildman–Crippen MR) is 49.2 cm³/mol. The van der Waals surface area contributed by atoms with E-state index in [9.17, 15) is 4.79 Å². The third-order valence-electron chi connectivity index (χ3n) is 1.05. The van der Waals surface area contributed by atoms with Crippen molar-refractivity contribution < 1.29 is 4.79 Å². The van der Waals surface area contributed by atoms with E-state index < -0.39 is 0 Å². The Kier molecular flexibility index (Phi) is 2.95. The number of thioether (sulfide) groups is 1. The van der Waals surface area contributed by atoms with E-state index in [-0.39, 0.29) is 0 Å². The number of halogens is 1. The van der Waals surface area contributed by atoms with Crippen molar-refractivity contribution in [1.29, 1.82) is 0 Å². The monoisotopic (exact) mass is 236 g/mol. The topological polar surface area (TPSA) is 17.1 Å². The van der Waals surface area contributed by atoms with E-state index in [1.807, 2.05) is 11.6 Å². The highest BCUT2D eigenvalue weighted by molar-refractivity contribution is 9.10. The fraction of sp³-hybridized carbons (Fsp3) is 0.167. The Morgan fingerprint density at radius 2 is 2.50 bits per heavy atom. The van der Waals surface area contributed by atoms with Crippen LogP contribution in [0.4, 0.5) is 0 Å². The van der Waals surface area contributed by atoms with Gasteiger partial charge >= 0.3 is 0 Å². The Morgan fingerprint density at radius 1 is 1.80 bits per heavy atom. The number of hydrogen-bond donors (Lipinski definition) is 0. The molecule has 1 heterocycles. The van der Waals surface area contributed by atoms with Crippen molar-refractivity contribution in [1.82, 2.24) is 0 Å². The van der Waals surface area contributed by atoms with Gasteiger partial charge in [-0.25, -0.2) is 0 Å². The molecule has 0 amide bonds. The second-order valence-corrected chi connectivity index (χ2v) is 4.42. The molecule has 1 aromatic rings. The van der Waals surface area contributed by atoms with Crippen LogP contribution in [-0.4, -0.2) is 12.5 Å². The number of rotatable bonds is 2. The van der Waals surface area contributed by atoms with E-state index in [1.54, 1.807) is 23.1 Å². The molecule has 1 aromatic heterocycles. The number of aldehydes is 1. The maximum absolute atomic E-state index is 10.4. The summed E-state index contributed by atoms with van der Waals surface area (Å²) in [5, 5.41) is 1.93. The van der Waals surface area contributed by atoms with Crippen LogP contribution in [0.15, 0.2) is 14.1 Å². The van der Waals surface area contributed by atoms with Gasteiger partial charge in [-0.15, -0.1) is 23.1 Å². The van der Waals surface area contributed by atoms with Crippen LogP contribution in [0.25, 0.3) is 0 Å². The maximum atomic E-state index is 10.4. The van der Waals surface area contributed by atoms with Crippen molar-refractivity contribution in [2.45, 2.75) is 4.21 Å². The van der Waals surface area contributed by atoms with E-state index in [4.69, 9.17) is 0 Å². The molecule has 4 heteroatoms. The molecule has 0 spiro atoms. The van der Waals surface area contributed by atoms with Crippen LogP contribution in [0.3, 0.4) is 0 Å². The number of carbonyl (C=O) groups is 1. The summed E-state index contributed by atoms with van der Waals surface area (Å²) in [6, 6.07) is 0. The molecule has 0 bridgehead atoms. The highest BCUT2D eigenvalue weighted by Crippen LogP contribution is 2.32. The number of carbonyl (C=O) groups excluding carboxylic acids is 1. The molecule has 0 atom stereocenters. The summed E-state index contributed by atoms with van der Waals surface area (Å²) < 4.78 is 1.97. The van der Waals surface area contributed by atoms with E-state index in [0.29, 0.717) is 0 Å². The van der Waals surface area contributed by atoms with Crippen molar-refractivity contribution in [3.05, 3.63) is 15.4 Å². The van der Waals surface area contributed by atoms with Gasteiger partial charge in [0.05, 0.1) is 9.77 Å². The Balaban J connectivity index is 3.12. The van der Waals surface area contributed by atoms with Crippen LogP contribution >= 0.6 is 39.0 Å². The molecular formula is C6H5BrOS2. The first kappa shape index (κ1) is 8.30. The molecule has 0 aliphatic carbocycles. The van der Waals surface area contributed by atoms with E-state index in [1.165, 1.54) is 0 Å². The molecule has 0 aliphatic rings. The first-order valence-electron chi connectivity index (χ1n) is 2.55. The molecule has 0 saturated heterocycles. The van der Waals surface area contributed by atoms with Crippen molar-refractivity contribution >= 4 is 45.3 Å². The van der Waals surface area contributed by atoms with Gasteiger partial charge in [0.15, 0.2) is 6.29 Å². The van der Waals surface area contributed by atoms with Gasteiger partial charge in [-0.3, -0.25) is 4.79 Å². The molecule has 0 saturated carbocycles. The lowest BCUT2D eigenvalue weighted by Gasteiger charge is -1.89. The molecule has 0 aromatic carbocycles. The Labute approximate surface area is 76.0 Å². The third kappa shape index (κ3) is 1.44. The fourth-order valence-electron chi connectivity index (χ4n) is 0.592. The van der Waals surface area contributed by atoms with Gasteiger partial charge in [-0.2, -0.15) is 0 Å². The second-order valence-electron chi connectivity index (χ2n) is 1.61. The molecule has 1 rings (SSSR count). The van der Waals surface area contributed by atoms with Crippen molar-refractivity contribution in [3.63, 3.8) is 0 Å². The maximum Gasteiger partial charge on any atom is 0.153 e. The highest BCUT2D eigenvalue weighted by Gasteiger charge is 2.06. The average molecular weight is 237 g/mol. The van der Waals surface area contributed by atoms with Crippen molar-refractivity contribution in [2.24, 2.45) is 0 Å². The Hall–Kier alpha value is 0.200. The molecule has 54 valence electrons. The Bertz CT molecular complexity index is 244.